The van der Waals surface area contributed by atoms with Gasteiger partial charge in [0.1, 0.15) is 0 Å². The number of hydrogen-bond acceptors (Lipinski definition) is 1. The van der Waals surface area contributed by atoms with E-state index in [2.05, 4.69) is 0 Å². The van der Waals surface area contributed by atoms with E-state index in [1.54, 1.807) is 18.3 Å². The Morgan fingerprint density at radius 2 is 2.33 bits per heavy atom. The Labute approximate surface area is 69.0 Å². The van der Waals surface area contributed by atoms with Crippen LogP contribution in [-0.4, -0.2) is 11.0 Å². The average Bonchev–Trinajstić information content (AvgIpc) is 2.37. The van der Waals surface area contributed by atoms with Gasteiger partial charge in [-0.3, -0.25) is 0 Å². The first kappa shape index (κ1) is 8.72. The second kappa shape index (κ2) is 3.86. The van der Waals surface area contributed by atoms with Gasteiger partial charge in [-0.1, -0.05) is 0 Å². The standard InChI is InChI=1S/C8H8F2N2/c9-8(10)6-12-5-1-2-7(12)3-4-11/h1-2,5,8H,3,6H2. The molecule has 0 radical (unpaired) electrons. The number of aromatic nitrogens is 1. The third-order valence-electron chi connectivity index (χ3n) is 1.52. The number of hydrogen-bond donors (Lipinski definition) is 0. The Morgan fingerprint density at radius 1 is 1.58 bits per heavy atom. The molecular formula is C8H8F2N2. The van der Waals surface area contributed by atoms with Gasteiger partial charge in [0.25, 0.3) is 6.43 Å². The molecule has 12 heavy (non-hydrogen) atoms. The van der Waals surface area contributed by atoms with Gasteiger partial charge >= 0.3 is 0 Å². The normalized spacial score (nSPS) is 10.2. The number of halogens is 2. The van der Waals surface area contributed by atoms with Crippen LogP contribution >= 0.6 is 0 Å². The van der Waals surface area contributed by atoms with E-state index in [1.165, 1.54) is 4.57 Å². The van der Waals surface area contributed by atoms with E-state index < -0.39 is 6.43 Å². The van der Waals surface area contributed by atoms with Crippen molar-refractivity contribution in [1.82, 2.24) is 4.57 Å². The molecular weight excluding hydrogens is 162 g/mol. The van der Waals surface area contributed by atoms with Crippen molar-refractivity contribution in [3.8, 4) is 6.07 Å². The molecule has 0 aliphatic heterocycles. The molecule has 0 bridgehead atoms. The summed E-state index contributed by atoms with van der Waals surface area (Å²) in [6, 6.07) is 5.25. The summed E-state index contributed by atoms with van der Waals surface area (Å²) in [6.45, 7) is -0.329. The lowest BCUT2D eigenvalue weighted by Gasteiger charge is -2.04. The minimum Gasteiger partial charge on any atom is -0.345 e. The van der Waals surface area contributed by atoms with Gasteiger partial charge in [-0.05, 0) is 12.1 Å². The van der Waals surface area contributed by atoms with Gasteiger partial charge in [-0.25, -0.2) is 8.78 Å². The van der Waals surface area contributed by atoms with Gasteiger partial charge in [0.15, 0.2) is 0 Å². The maximum atomic E-state index is 11.9. The second-order valence-corrected chi connectivity index (χ2v) is 2.38. The van der Waals surface area contributed by atoms with Crippen LogP contribution in [0.1, 0.15) is 5.69 Å². The molecule has 4 heteroatoms. The Morgan fingerprint density at radius 3 is 2.92 bits per heavy atom. The van der Waals surface area contributed by atoms with Crippen molar-refractivity contribution in [2.75, 3.05) is 0 Å². The van der Waals surface area contributed by atoms with Crippen LogP contribution in [0.25, 0.3) is 0 Å². The molecule has 1 aromatic rings. The van der Waals surface area contributed by atoms with Crippen molar-refractivity contribution < 1.29 is 8.78 Å². The van der Waals surface area contributed by atoms with Crippen LogP contribution in [0.5, 0.6) is 0 Å². The third-order valence-corrected chi connectivity index (χ3v) is 1.52. The predicted octanol–water partition coefficient (Wildman–Crippen LogP) is 1.82. The molecule has 0 fully saturated rings. The summed E-state index contributed by atoms with van der Waals surface area (Å²) in [5.74, 6) is 0. The van der Waals surface area contributed by atoms with E-state index in [-0.39, 0.29) is 13.0 Å². The second-order valence-electron chi connectivity index (χ2n) is 2.38. The molecule has 0 atom stereocenters. The molecule has 1 rings (SSSR count). The molecule has 0 N–H and O–H groups in total. The number of nitriles is 1. The number of rotatable bonds is 3. The van der Waals surface area contributed by atoms with Crippen LogP contribution in [0.4, 0.5) is 8.78 Å². The first-order valence-corrected chi connectivity index (χ1v) is 3.53. The number of nitrogens with zero attached hydrogens (tertiary/aromatic N) is 2. The average molecular weight is 170 g/mol. The van der Waals surface area contributed by atoms with Crippen molar-refractivity contribution in [2.24, 2.45) is 0 Å². The van der Waals surface area contributed by atoms with Gasteiger partial charge in [0.05, 0.1) is 19.0 Å². The smallest absolute Gasteiger partial charge is 0.256 e. The molecule has 0 unspecified atom stereocenters. The Kier molecular flexibility index (Phi) is 2.81. The molecule has 2 nitrogen and oxygen atoms in total. The zero-order chi connectivity index (χ0) is 8.97. The predicted molar refractivity (Wildman–Crippen MR) is 39.8 cm³/mol. The molecule has 0 aromatic carbocycles. The summed E-state index contributed by atoms with van der Waals surface area (Å²) in [5, 5.41) is 8.35. The van der Waals surface area contributed by atoms with Crippen LogP contribution in [0.15, 0.2) is 18.3 Å². The molecule has 0 aliphatic rings. The summed E-state index contributed by atoms with van der Waals surface area (Å²) in [6.07, 6.45) is -0.631. The molecule has 0 saturated carbocycles. The van der Waals surface area contributed by atoms with Crippen LogP contribution in [0.3, 0.4) is 0 Å². The van der Waals surface area contributed by atoms with Gasteiger partial charge in [-0.2, -0.15) is 5.26 Å². The quantitative estimate of drug-likeness (QED) is 0.680. The molecule has 0 amide bonds. The first-order valence-electron chi connectivity index (χ1n) is 3.53. The Hall–Kier alpha value is -1.37. The van der Waals surface area contributed by atoms with Crippen molar-refractivity contribution >= 4 is 0 Å². The van der Waals surface area contributed by atoms with Crippen molar-refractivity contribution in [2.45, 2.75) is 19.4 Å². The highest BCUT2D eigenvalue weighted by Gasteiger charge is 2.06. The van der Waals surface area contributed by atoms with Gasteiger partial charge in [0, 0.05) is 11.9 Å². The fourth-order valence-corrected chi connectivity index (χ4v) is 1.02. The molecule has 0 spiro atoms. The van der Waals surface area contributed by atoms with Gasteiger partial charge in [0.2, 0.25) is 0 Å². The van der Waals surface area contributed by atoms with Gasteiger partial charge in [-0.15, -0.1) is 0 Å². The summed E-state index contributed by atoms with van der Waals surface area (Å²) >= 11 is 0. The van der Waals surface area contributed by atoms with E-state index in [0.29, 0.717) is 5.69 Å². The largest absolute Gasteiger partial charge is 0.345 e. The Bertz CT molecular complexity index is 285. The summed E-state index contributed by atoms with van der Waals surface area (Å²) < 4.78 is 25.2. The van der Waals surface area contributed by atoms with Crippen LogP contribution in [0, 0.1) is 11.3 Å². The highest BCUT2D eigenvalue weighted by Crippen LogP contribution is 2.06. The molecule has 0 aliphatic carbocycles. The zero-order valence-corrected chi connectivity index (χ0v) is 6.37. The maximum Gasteiger partial charge on any atom is 0.256 e. The summed E-state index contributed by atoms with van der Waals surface area (Å²) in [5.41, 5.74) is 0.637. The lowest BCUT2D eigenvalue weighted by Crippen LogP contribution is -2.08. The minimum atomic E-state index is -2.37. The minimum absolute atomic E-state index is 0.180. The van der Waals surface area contributed by atoms with E-state index in [4.69, 9.17) is 5.26 Å². The van der Waals surface area contributed by atoms with Crippen LogP contribution < -0.4 is 0 Å². The maximum absolute atomic E-state index is 11.9. The van der Waals surface area contributed by atoms with Crippen molar-refractivity contribution in [1.29, 1.82) is 5.26 Å². The summed E-state index contributed by atoms with van der Waals surface area (Å²) in [7, 11) is 0. The fourth-order valence-electron chi connectivity index (χ4n) is 1.02. The van der Waals surface area contributed by atoms with Crippen LogP contribution in [-0.2, 0) is 13.0 Å². The van der Waals surface area contributed by atoms with E-state index in [9.17, 15) is 8.78 Å². The SMILES string of the molecule is N#CCc1cccn1CC(F)F. The molecule has 64 valence electrons. The van der Waals surface area contributed by atoms with Gasteiger partial charge < -0.3 is 4.57 Å². The zero-order valence-electron chi connectivity index (χ0n) is 6.37. The third kappa shape index (κ3) is 2.06. The molecule has 1 aromatic heterocycles. The van der Waals surface area contributed by atoms with E-state index in [0.717, 1.165) is 0 Å². The lowest BCUT2D eigenvalue weighted by molar-refractivity contribution is 0.126. The van der Waals surface area contributed by atoms with Crippen LogP contribution in [0.2, 0.25) is 0 Å². The highest BCUT2D eigenvalue weighted by molar-refractivity contribution is 5.11. The van der Waals surface area contributed by atoms with E-state index in [1.807, 2.05) is 6.07 Å². The molecule has 0 saturated heterocycles. The Balaban J connectivity index is 2.71. The van der Waals surface area contributed by atoms with Crippen molar-refractivity contribution in [3.05, 3.63) is 24.0 Å². The number of alkyl halides is 2. The first-order chi connectivity index (χ1) is 5.74. The highest BCUT2D eigenvalue weighted by atomic mass is 19.3. The lowest BCUT2D eigenvalue weighted by atomic mass is 10.3. The summed E-state index contributed by atoms with van der Waals surface area (Å²) in [4.78, 5) is 0. The monoisotopic (exact) mass is 170 g/mol. The van der Waals surface area contributed by atoms with E-state index >= 15 is 0 Å². The fraction of sp³-hybridized carbons (Fsp3) is 0.375. The topological polar surface area (TPSA) is 28.7 Å². The molecule has 1 heterocycles. The van der Waals surface area contributed by atoms with Crippen molar-refractivity contribution in [3.63, 3.8) is 0 Å².